The Hall–Kier alpha value is -0.530. The van der Waals surface area contributed by atoms with E-state index in [0.29, 0.717) is 15.6 Å². The van der Waals surface area contributed by atoms with Gasteiger partial charge in [-0.25, -0.2) is 0 Å². The average Bonchev–Trinajstić information content (AvgIpc) is 2.06. The highest BCUT2D eigenvalue weighted by Crippen LogP contribution is 2.36. The van der Waals surface area contributed by atoms with Gasteiger partial charge in [0.15, 0.2) is 5.78 Å². The van der Waals surface area contributed by atoms with E-state index in [-0.39, 0.29) is 11.2 Å². The van der Waals surface area contributed by atoms with Crippen LogP contribution in [0.4, 0.5) is 0 Å². The molecule has 0 fully saturated rings. The number of rotatable bonds is 1. The number of halogens is 2. The second-order valence-electron chi connectivity index (χ2n) is 4.59. The van der Waals surface area contributed by atoms with Crippen molar-refractivity contribution in [3.63, 3.8) is 0 Å². The molecule has 0 unspecified atom stereocenters. The molecule has 3 heteroatoms. The molecule has 1 aromatic carbocycles. The molecule has 0 aromatic heterocycles. The van der Waals surface area contributed by atoms with E-state index in [4.69, 9.17) is 23.2 Å². The van der Waals surface area contributed by atoms with Gasteiger partial charge in [-0.3, -0.25) is 4.79 Å². The minimum Gasteiger partial charge on any atom is -0.294 e. The number of hydrogen-bond acceptors (Lipinski definition) is 1. The van der Waals surface area contributed by atoms with Gasteiger partial charge in [-0.2, -0.15) is 0 Å². The quantitative estimate of drug-likeness (QED) is 0.666. The molecule has 0 aliphatic heterocycles. The summed E-state index contributed by atoms with van der Waals surface area (Å²) in [6.45, 7) is 7.64. The van der Waals surface area contributed by atoms with Crippen molar-refractivity contribution in [3.8, 4) is 0 Å². The van der Waals surface area contributed by atoms with Crippen LogP contribution in [-0.2, 0) is 5.41 Å². The minimum atomic E-state index is -0.0734. The van der Waals surface area contributed by atoms with E-state index in [2.05, 4.69) is 20.8 Å². The fraction of sp³-hybridized carbons (Fsp3) is 0.417. The van der Waals surface area contributed by atoms with Crippen molar-refractivity contribution in [2.45, 2.75) is 33.1 Å². The molecule has 0 aliphatic rings. The predicted molar refractivity (Wildman–Crippen MR) is 65.2 cm³/mol. The summed E-state index contributed by atoms with van der Waals surface area (Å²) in [5, 5.41) is 0.841. The maximum Gasteiger partial charge on any atom is 0.161 e. The van der Waals surface area contributed by atoms with Crippen molar-refractivity contribution in [2.24, 2.45) is 0 Å². The number of benzene rings is 1. The summed E-state index contributed by atoms with van der Waals surface area (Å²) in [5.41, 5.74) is 1.37. The Bertz CT molecular complexity index is 403. The third kappa shape index (κ3) is 2.53. The highest BCUT2D eigenvalue weighted by atomic mass is 35.5. The van der Waals surface area contributed by atoms with Crippen LogP contribution in [0.25, 0.3) is 0 Å². The summed E-state index contributed by atoms with van der Waals surface area (Å²) >= 11 is 12.2. The number of carbonyl (C=O) groups excluding carboxylic acids is 1. The average molecular weight is 245 g/mol. The lowest BCUT2D eigenvalue weighted by Gasteiger charge is -2.21. The summed E-state index contributed by atoms with van der Waals surface area (Å²) in [7, 11) is 0. The molecule has 0 spiro atoms. The number of Topliss-reactive ketones (excluding diaryl/α,β-unsaturated/α-hetero) is 1. The van der Waals surface area contributed by atoms with Crippen molar-refractivity contribution in [1.29, 1.82) is 0 Å². The second kappa shape index (κ2) is 4.15. The fourth-order valence-corrected chi connectivity index (χ4v) is 2.15. The molecule has 0 radical (unpaired) electrons. The zero-order valence-corrected chi connectivity index (χ0v) is 10.8. The van der Waals surface area contributed by atoms with Gasteiger partial charge in [-0.1, -0.05) is 50.0 Å². The fourth-order valence-electron chi connectivity index (χ4n) is 1.40. The maximum atomic E-state index is 11.2. The van der Waals surface area contributed by atoms with Crippen LogP contribution in [-0.4, -0.2) is 5.78 Å². The number of hydrogen-bond donors (Lipinski definition) is 0. The number of carbonyl (C=O) groups is 1. The second-order valence-corrected chi connectivity index (χ2v) is 5.35. The van der Waals surface area contributed by atoms with Gasteiger partial charge in [0, 0.05) is 5.56 Å². The van der Waals surface area contributed by atoms with Crippen LogP contribution in [0.5, 0.6) is 0 Å². The van der Waals surface area contributed by atoms with Crippen LogP contribution in [0.15, 0.2) is 12.1 Å². The number of ketones is 1. The van der Waals surface area contributed by atoms with Gasteiger partial charge in [0.2, 0.25) is 0 Å². The third-order valence-corrected chi connectivity index (χ3v) is 3.15. The van der Waals surface area contributed by atoms with Gasteiger partial charge in [-0.05, 0) is 24.0 Å². The van der Waals surface area contributed by atoms with Crippen molar-refractivity contribution in [1.82, 2.24) is 0 Å². The molecule has 0 heterocycles. The lowest BCUT2D eigenvalue weighted by molar-refractivity contribution is 0.101. The molecular weight excluding hydrogens is 231 g/mol. The SMILES string of the molecule is CC(=O)c1ccc(C(C)(C)C)c(Cl)c1Cl. The molecule has 82 valence electrons. The molecule has 0 amide bonds. The first-order valence-corrected chi connectivity index (χ1v) is 5.50. The standard InChI is InChI=1S/C12H14Cl2O/c1-7(15)8-5-6-9(12(2,3)4)11(14)10(8)13/h5-6H,1-4H3. The van der Waals surface area contributed by atoms with E-state index in [0.717, 1.165) is 5.56 Å². The summed E-state index contributed by atoms with van der Waals surface area (Å²) < 4.78 is 0. The topological polar surface area (TPSA) is 17.1 Å². The first-order valence-electron chi connectivity index (χ1n) is 4.74. The molecule has 1 rings (SSSR count). The normalized spacial score (nSPS) is 11.6. The summed E-state index contributed by atoms with van der Waals surface area (Å²) in [6.07, 6.45) is 0. The van der Waals surface area contributed by atoms with Gasteiger partial charge in [0.1, 0.15) is 0 Å². The Balaban J connectivity index is 3.41. The van der Waals surface area contributed by atoms with Crippen LogP contribution in [0.2, 0.25) is 10.0 Å². The van der Waals surface area contributed by atoms with Crippen LogP contribution < -0.4 is 0 Å². The Morgan fingerprint density at radius 2 is 1.67 bits per heavy atom. The van der Waals surface area contributed by atoms with Crippen molar-refractivity contribution in [3.05, 3.63) is 33.3 Å². The maximum absolute atomic E-state index is 11.2. The molecule has 1 nitrogen and oxygen atoms in total. The summed E-state index contributed by atoms with van der Waals surface area (Å²) in [5.74, 6) is -0.0673. The molecular formula is C12H14Cl2O. The zero-order valence-electron chi connectivity index (χ0n) is 9.32. The molecule has 1 aromatic rings. The molecule has 0 aliphatic carbocycles. The van der Waals surface area contributed by atoms with Crippen LogP contribution in [0, 0.1) is 0 Å². The molecule has 0 saturated carbocycles. The zero-order chi connectivity index (χ0) is 11.8. The van der Waals surface area contributed by atoms with E-state index in [1.165, 1.54) is 6.92 Å². The largest absolute Gasteiger partial charge is 0.294 e. The van der Waals surface area contributed by atoms with Crippen LogP contribution in [0.1, 0.15) is 43.6 Å². The molecule has 0 bridgehead atoms. The molecule has 15 heavy (non-hydrogen) atoms. The van der Waals surface area contributed by atoms with Gasteiger partial charge >= 0.3 is 0 Å². The van der Waals surface area contributed by atoms with Crippen molar-refractivity contribution < 1.29 is 4.79 Å². The van der Waals surface area contributed by atoms with Gasteiger partial charge in [0.25, 0.3) is 0 Å². The lowest BCUT2D eigenvalue weighted by Crippen LogP contribution is -2.12. The lowest BCUT2D eigenvalue weighted by atomic mass is 9.86. The Labute approximate surface area is 100 Å². The highest BCUT2D eigenvalue weighted by Gasteiger charge is 2.21. The first kappa shape index (κ1) is 12.5. The van der Waals surface area contributed by atoms with E-state index >= 15 is 0 Å². The van der Waals surface area contributed by atoms with E-state index in [1.807, 2.05) is 6.07 Å². The van der Waals surface area contributed by atoms with Crippen molar-refractivity contribution >= 4 is 29.0 Å². The molecule has 0 saturated heterocycles. The summed E-state index contributed by atoms with van der Waals surface area (Å²) in [6, 6.07) is 3.60. The van der Waals surface area contributed by atoms with Gasteiger partial charge in [0.05, 0.1) is 10.0 Å². The Morgan fingerprint density at radius 1 is 1.13 bits per heavy atom. The predicted octanol–water partition coefficient (Wildman–Crippen LogP) is 4.49. The van der Waals surface area contributed by atoms with Crippen LogP contribution in [0.3, 0.4) is 0 Å². The monoisotopic (exact) mass is 244 g/mol. The summed E-state index contributed by atoms with van der Waals surface area (Å²) in [4.78, 5) is 11.2. The first-order chi connectivity index (χ1) is 6.75. The Kier molecular flexibility index (Phi) is 3.47. The van der Waals surface area contributed by atoms with Gasteiger partial charge < -0.3 is 0 Å². The van der Waals surface area contributed by atoms with Gasteiger partial charge in [-0.15, -0.1) is 0 Å². The van der Waals surface area contributed by atoms with Crippen LogP contribution >= 0.6 is 23.2 Å². The van der Waals surface area contributed by atoms with Crippen molar-refractivity contribution in [2.75, 3.05) is 0 Å². The Morgan fingerprint density at radius 3 is 2.07 bits per heavy atom. The molecule has 0 N–H and O–H groups in total. The van der Waals surface area contributed by atoms with E-state index in [1.54, 1.807) is 6.07 Å². The highest BCUT2D eigenvalue weighted by molar-refractivity contribution is 6.44. The third-order valence-electron chi connectivity index (χ3n) is 2.27. The minimum absolute atomic E-state index is 0.0673. The van der Waals surface area contributed by atoms with E-state index < -0.39 is 0 Å². The molecule has 0 atom stereocenters. The smallest absolute Gasteiger partial charge is 0.161 e. The van der Waals surface area contributed by atoms with E-state index in [9.17, 15) is 4.79 Å².